The first kappa shape index (κ1) is 17.7. The van der Waals surface area contributed by atoms with E-state index in [4.69, 9.17) is 9.47 Å². The predicted molar refractivity (Wildman–Crippen MR) is 89.9 cm³/mol. The number of carbonyl (C=O) groups is 2. The molecule has 2 amide bonds. The molecule has 0 saturated carbocycles. The summed E-state index contributed by atoms with van der Waals surface area (Å²) in [5.41, 5.74) is 0.216. The molecule has 0 bridgehead atoms. The maximum Gasteiger partial charge on any atom is 0.314 e. The lowest BCUT2D eigenvalue weighted by Gasteiger charge is -2.11. The molecule has 0 aliphatic heterocycles. The molecule has 2 aromatic rings. The Labute approximate surface area is 142 Å². The van der Waals surface area contributed by atoms with Gasteiger partial charge in [-0.3, -0.25) is 19.7 Å². The molecule has 130 valence electrons. The molecule has 2 aromatic carbocycles. The van der Waals surface area contributed by atoms with Crippen molar-refractivity contribution in [3.8, 4) is 11.5 Å². The van der Waals surface area contributed by atoms with E-state index >= 15 is 0 Å². The highest BCUT2D eigenvalue weighted by molar-refractivity contribution is 6.43. The number of hydrogen-bond acceptors (Lipinski definition) is 6. The Kier molecular flexibility index (Phi) is 5.51. The number of nitrogens with one attached hydrogen (secondary N) is 2. The standard InChI is InChI=1S/C16H15N3O6/c1-24-12-6-7-13(14(9-12)25-2)18-16(21)15(20)17-10-4-3-5-11(8-10)19(22)23/h3-9H,1-2H3,(H,17,20)(H,18,21). The second kappa shape index (κ2) is 7.77. The number of non-ortho nitro benzene ring substituents is 1. The van der Waals surface area contributed by atoms with Crippen LogP contribution in [0.5, 0.6) is 11.5 Å². The highest BCUT2D eigenvalue weighted by Gasteiger charge is 2.17. The molecule has 0 unspecified atom stereocenters. The largest absolute Gasteiger partial charge is 0.497 e. The van der Waals surface area contributed by atoms with Crippen LogP contribution in [0.25, 0.3) is 0 Å². The first-order valence-electron chi connectivity index (χ1n) is 7.03. The number of benzene rings is 2. The maximum absolute atomic E-state index is 12.0. The van der Waals surface area contributed by atoms with Gasteiger partial charge in [-0.1, -0.05) is 6.07 Å². The van der Waals surface area contributed by atoms with Gasteiger partial charge in [0, 0.05) is 23.9 Å². The third-order valence-corrected chi connectivity index (χ3v) is 3.18. The molecule has 2 rings (SSSR count). The van der Waals surface area contributed by atoms with E-state index in [1.165, 1.54) is 38.5 Å². The van der Waals surface area contributed by atoms with Gasteiger partial charge in [-0.15, -0.1) is 0 Å². The van der Waals surface area contributed by atoms with Crippen molar-refractivity contribution in [1.82, 2.24) is 0 Å². The summed E-state index contributed by atoms with van der Waals surface area (Å²) in [6, 6.07) is 9.93. The van der Waals surface area contributed by atoms with Crippen LogP contribution >= 0.6 is 0 Å². The van der Waals surface area contributed by atoms with Gasteiger partial charge in [0.25, 0.3) is 5.69 Å². The Morgan fingerprint density at radius 1 is 1.00 bits per heavy atom. The molecule has 0 aromatic heterocycles. The van der Waals surface area contributed by atoms with Crippen LogP contribution in [-0.2, 0) is 9.59 Å². The fraction of sp³-hybridized carbons (Fsp3) is 0.125. The molecular formula is C16H15N3O6. The minimum absolute atomic E-state index is 0.135. The number of nitrogens with zero attached hydrogens (tertiary/aromatic N) is 1. The monoisotopic (exact) mass is 345 g/mol. The zero-order chi connectivity index (χ0) is 18.4. The summed E-state index contributed by atoms with van der Waals surface area (Å²) in [7, 11) is 2.90. The number of nitro groups is 1. The van der Waals surface area contributed by atoms with E-state index < -0.39 is 16.7 Å². The topological polar surface area (TPSA) is 120 Å². The second-order valence-corrected chi connectivity index (χ2v) is 4.78. The average molecular weight is 345 g/mol. The van der Waals surface area contributed by atoms with Crippen molar-refractivity contribution in [3.05, 3.63) is 52.6 Å². The Hall–Kier alpha value is -3.62. The predicted octanol–water partition coefficient (Wildman–Crippen LogP) is 2.19. The lowest BCUT2D eigenvalue weighted by molar-refractivity contribution is -0.384. The summed E-state index contributed by atoms with van der Waals surface area (Å²) in [5, 5.41) is 15.4. The summed E-state index contributed by atoms with van der Waals surface area (Å²) in [6.45, 7) is 0. The summed E-state index contributed by atoms with van der Waals surface area (Å²) in [4.78, 5) is 34.1. The van der Waals surface area contributed by atoms with Crippen LogP contribution in [0, 0.1) is 10.1 Å². The van der Waals surface area contributed by atoms with Crippen LogP contribution < -0.4 is 20.1 Å². The molecule has 0 atom stereocenters. The molecule has 0 radical (unpaired) electrons. The number of anilines is 2. The zero-order valence-corrected chi connectivity index (χ0v) is 13.4. The molecule has 9 nitrogen and oxygen atoms in total. The number of ether oxygens (including phenoxy) is 2. The van der Waals surface area contributed by atoms with Gasteiger partial charge in [0.1, 0.15) is 11.5 Å². The van der Waals surface area contributed by atoms with Crippen molar-refractivity contribution in [2.45, 2.75) is 0 Å². The number of amides is 2. The molecule has 0 spiro atoms. The van der Waals surface area contributed by atoms with Gasteiger partial charge < -0.3 is 20.1 Å². The normalized spacial score (nSPS) is 9.84. The fourth-order valence-corrected chi connectivity index (χ4v) is 1.97. The van der Waals surface area contributed by atoms with Gasteiger partial charge in [-0.25, -0.2) is 0 Å². The highest BCUT2D eigenvalue weighted by Crippen LogP contribution is 2.29. The number of nitro benzene ring substituents is 1. The van der Waals surface area contributed by atoms with Crippen LogP contribution in [0.2, 0.25) is 0 Å². The minimum atomic E-state index is -0.974. The van der Waals surface area contributed by atoms with Gasteiger partial charge in [0.15, 0.2) is 0 Å². The molecule has 0 aliphatic rings. The maximum atomic E-state index is 12.0. The number of carbonyl (C=O) groups excluding carboxylic acids is 2. The lowest BCUT2D eigenvalue weighted by atomic mass is 10.2. The number of rotatable bonds is 5. The Bertz CT molecular complexity index is 821. The third-order valence-electron chi connectivity index (χ3n) is 3.18. The quantitative estimate of drug-likeness (QED) is 0.487. The van der Waals surface area contributed by atoms with E-state index in [2.05, 4.69) is 10.6 Å². The molecule has 25 heavy (non-hydrogen) atoms. The van der Waals surface area contributed by atoms with E-state index in [-0.39, 0.29) is 17.1 Å². The van der Waals surface area contributed by atoms with Gasteiger partial charge in [0.2, 0.25) is 0 Å². The Balaban J connectivity index is 2.09. The van der Waals surface area contributed by atoms with Crippen molar-refractivity contribution < 1.29 is 24.0 Å². The van der Waals surface area contributed by atoms with Gasteiger partial charge in [-0.2, -0.15) is 0 Å². The molecule has 0 fully saturated rings. The number of hydrogen-bond donors (Lipinski definition) is 2. The van der Waals surface area contributed by atoms with E-state index in [1.54, 1.807) is 12.1 Å². The molecule has 0 heterocycles. The molecule has 2 N–H and O–H groups in total. The van der Waals surface area contributed by atoms with Crippen LogP contribution in [0.4, 0.5) is 17.1 Å². The number of methoxy groups -OCH3 is 2. The first-order chi connectivity index (χ1) is 11.9. The zero-order valence-electron chi connectivity index (χ0n) is 13.4. The van der Waals surface area contributed by atoms with E-state index in [0.29, 0.717) is 11.5 Å². The van der Waals surface area contributed by atoms with E-state index in [1.807, 2.05) is 0 Å². The highest BCUT2D eigenvalue weighted by atomic mass is 16.6. The van der Waals surface area contributed by atoms with Crippen molar-refractivity contribution in [2.75, 3.05) is 24.9 Å². The smallest absolute Gasteiger partial charge is 0.314 e. The van der Waals surface area contributed by atoms with Crippen LogP contribution in [0.1, 0.15) is 0 Å². The Morgan fingerprint density at radius 2 is 1.72 bits per heavy atom. The van der Waals surface area contributed by atoms with Crippen molar-refractivity contribution in [1.29, 1.82) is 0 Å². The van der Waals surface area contributed by atoms with Gasteiger partial charge in [-0.05, 0) is 18.2 Å². The van der Waals surface area contributed by atoms with Gasteiger partial charge >= 0.3 is 11.8 Å². The van der Waals surface area contributed by atoms with Crippen LogP contribution in [0.15, 0.2) is 42.5 Å². The second-order valence-electron chi connectivity index (χ2n) is 4.78. The van der Waals surface area contributed by atoms with Crippen molar-refractivity contribution >= 4 is 28.9 Å². The molecule has 0 saturated heterocycles. The first-order valence-corrected chi connectivity index (χ1v) is 7.03. The van der Waals surface area contributed by atoms with Crippen molar-refractivity contribution in [2.24, 2.45) is 0 Å². The summed E-state index contributed by atoms with van der Waals surface area (Å²) in [6.07, 6.45) is 0. The van der Waals surface area contributed by atoms with Crippen LogP contribution in [-0.4, -0.2) is 31.0 Å². The average Bonchev–Trinajstić information content (AvgIpc) is 2.62. The van der Waals surface area contributed by atoms with Crippen molar-refractivity contribution in [3.63, 3.8) is 0 Å². The SMILES string of the molecule is COc1ccc(NC(=O)C(=O)Nc2cccc([N+](=O)[O-])c2)c(OC)c1. The third kappa shape index (κ3) is 4.44. The Morgan fingerprint density at radius 3 is 2.36 bits per heavy atom. The fourth-order valence-electron chi connectivity index (χ4n) is 1.97. The lowest BCUT2D eigenvalue weighted by Crippen LogP contribution is -2.29. The minimum Gasteiger partial charge on any atom is -0.497 e. The summed E-state index contributed by atoms with van der Waals surface area (Å²) >= 11 is 0. The molecular weight excluding hydrogens is 330 g/mol. The summed E-state index contributed by atoms with van der Waals surface area (Å²) in [5.74, 6) is -1.08. The van der Waals surface area contributed by atoms with Gasteiger partial charge in [0.05, 0.1) is 24.8 Å². The van der Waals surface area contributed by atoms with Crippen LogP contribution in [0.3, 0.4) is 0 Å². The molecule has 9 heteroatoms. The van der Waals surface area contributed by atoms with E-state index in [0.717, 1.165) is 6.07 Å². The molecule has 0 aliphatic carbocycles. The van der Waals surface area contributed by atoms with E-state index in [9.17, 15) is 19.7 Å². The summed E-state index contributed by atoms with van der Waals surface area (Å²) < 4.78 is 10.2.